The molecule has 3 aliphatic rings. The number of amides is 2. The van der Waals surface area contributed by atoms with E-state index >= 15 is 0 Å². The Kier molecular flexibility index (Phi) is 7.66. The molecule has 0 atom stereocenters. The molecule has 2 fully saturated rings. The summed E-state index contributed by atoms with van der Waals surface area (Å²) in [7, 11) is -3.86. The lowest BCUT2D eigenvalue weighted by atomic mass is 9.98. The minimum atomic E-state index is -4.95. The molecule has 0 spiro atoms. The number of benzene rings is 1. The second-order valence-electron chi connectivity index (χ2n) is 10.8. The molecule has 4 heterocycles. The van der Waals surface area contributed by atoms with Crippen molar-refractivity contribution in [1.29, 1.82) is 0 Å². The Morgan fingerprint density at radius 2 is 1.76 bits per heavy atom. The van der Waals surface area contributed by atoms with E-state index in [4.69, 9.17) is 0 Å². The molecule has 0 saturated carbocycles. The number of likely N-dealkylation sites (tertiary alicyclic amines) is 2. The van der Waals surface area contributed by atoms with Gasteiger partial charge in [-0.05, 0) is 57.8 Å². The van der Waals surface area contributed by atoms with Crippen LogP contribution in [0.5, 0.6) is 0 Å². The fourth-order valence-electron chi connectivity index (χ4n) is 6.02. The molecule has 0 bridgehead atoms. The van der Waals surface area contributed by atoms with Crippen molar-refractivity contribution in [3.63, 3.8) is 0 Å². The van der Waals surface area contributed by atoms with Crippen LogP contribution in [0.4, 0.5) is 28.9 Å². The molecule has 2 amide bonds. The van der Waals surface area contributed by atoms with Gasteiger partial charge in [-0.1, -0.05) is 6.42 Å². The number of halogens is 4. The van der Waals surface area contributed by atoms with Crippen molar-refractivity contribution in [1.82, 2.24) is 14.8 Å². The van der Waals surface area contributed by atoms with Gasteiger partial charge in [-0.2, -0.15) is 13.2 Å². The van der Waals surface area contributed by atoms with Gasteiger partial charge in [0.25, 0.3) is 11.8 Å². The Morgan fingerprint density at radius 1 is 1.10 bits per heavy atom. The van der Waals surface area contributed by atoms with E-state index in [9.17, 15) is 35.6 Å². The van der Waals surface area contributed by atoms with Crippen molar-refractivity contribution in [2.24, 2.45) is 0 Å². The smallest absolute Gasteiger partial charge is 0.358 e. The Morgan fingerprint density at radius 3 is 2.37 bits per heavy atom. The van der Waals surface area contributed by atoms with E-state index in [0.717, 1.165) is 50.4 Å². The molecule has 0 radical (unpaired) electrons. The van der Waals surface area contributed by atoms with Crippen LogP contribution in [0, 0.1) is 12.7 Å². The van der Waals surface area contributed by atoms with E-state index in [2.05, 4.69) is 19.9 Å². The number of anilines is 2. The summed E-state index contributed by atoms with van der Waals surface area (Å²) in [6.45, 7) is 4.03. The van der Waals surface area contributed by atoms with E-state index in [1.807, 2.05) is 0 Å². The third kappa shape index (κ3) is 5.98. The van der Waals surface area contributed by atoms with E-state index < -0.39 is 50.7 Å². The number of hydrogen-bond acceptors (Lipinski definition) is 5. The van der Waals surface area contributed by atoms with Gasteiger partial charge in [-0.25, -0.2) is 12.8 Å². The fraction of sp³-hybridized carbons (Fsp3) is 0.481. The number of rotatable bonds is 5. The fourth-order valence-corrected chi connectivity index (χ4v) is 6.58. The molecular formula is C27H31F4N5O4S. The minimum absolute atomic E-state index is 0.00960. The van der Waals surface area contributed by atoms with Crippen LogP contribution < -0.4 is 10.0 Å². The van der Waals surface area contributed by atoms with Gasteiger partial charge in [0.05, 0.1) is 40.0 Å². The lowest BCUT2D eigenvalue weighted by Gasteiger charge is -2.40. The van der Waals surface area contributed by atoms with Gasteiger partial charge in [-0.15, -0.1) is 0 Å². The van der Waals surface area contributed by atoms with Crippen LogP contribution in [-0.2, 0) is 21.0 Å². The highest BCUT2D eigenvalue weighted by Gasteiger charge is 2.42. The SMILES string of the molecule is Cc1[nH]c(/C=C2\C(=O)Nc3c(NS(C)(=O)=O)cc(F)cc32)c(C(F)(F)F)c1C(=O)N1CCC(N2CCCCC2)CC1. The number of carbonyl (C=O) groups excluding carboxylic acids is 2. The first-order valence-electron chi connectivity index (χ1n) is 13.4. The number of sulfonamides is 1. The third-order valence-electron chi connectivity index (χ3n) is 7.83. The topological polar surface area (TPSA) is 115 Å². The van der Waals surface area contributed by atoms with Crippen molar-refractivity contribution in [2.45, 2.75) is 51.2 Å². The summed E-state index contributed by atoms with van der Waals surface area (Å²) >= 11 is 0. The number of aryl methyl sites for hydroxylation is 1. The zero-order valence-corrected chi connectivity index (χ0v) is 23.4. The zero-order chi connectivity index (χ0) is 29.7. The van der Waals surface area contributed by atoms with Crippen molar-refractivity contribution in [3.8, 4) is 0 Å². The summed E-state index contributed by atoms with van der Waals surface area (Å²) in [6.07, 6.45) is 1.61. The van der Waals surface area contributed by atoms with Gasteiger partial charge in [0.15, 0.2) is 0 Å². The highest BCUT2D eigenvalue weighted by atomic mass is 32.2. The van der Waals surface area contributed by atoms with Crippen LogP contribution in [0.25, 0.3) is 11.6 Å². The number of nitrogens with one attached hydrogen (secondary N) is 3. The number of carbonyl (C=O) groups is 2. The first kappa shape index (κ1) is 29.1. The average Bonchev–Trinajstić information content (AvgIpc) is 3.39. The Labute approximate surface area is 235 Å². The molecule has 1 aromatic carbocycles. The van der Waals surface area contributed by atoms with E-state index in [1.54, 1.807) is 0 Å². The minimum Gasteiger partial charge on any atom is -0.358 e. The molecule has 2 aromatic rings. The molecule has 1 aromatic heterocycles. The summed E-state index contributed by atoms with van der Waals surface area (Å²) in [6, 6.07) is 2.08. The van der Waals surface area contributed by atoms with Gasteiger partial charge < -0.3 is 20.1 Å². The number of H-pyrrole nitrogens is 1. The summed E-state index contributed by atoms with van der Waals surface area (Å²) in [5.41, 5.74) is -3.04. The van der Waals surface area contributed by atoms with Crippen LogP contribution in [0.2, 0.25) is 0 Å². The number of aromatic amines is 1. The molecule has 41 heavy (non-hydrogen) atoms. The largest absolute Gasteiger partial charge is 0.419 e. The molecule has 222 valence electrons. The normalized spacial score (nSPS) is 19.9. The molecule has 0 unspecified atom stereocenters. The number of hydrogen-bond donors (Lipinski definition) is 3. The van der Waals surface area contributed by atoms with Crippen LogP contribution >= 0.6 is 0 Å². The van der Waals surface area contributed by atoms with E-state index in [1.165, 1.54) is 18.2 Å². The summed E-state index contributed by atoms with van der Waals surface area (Å²) < 4.78 is 83.4. The predicted octanol–water partition coefficient (Wildman–Crippen LogP) is 4.44. The van der Waals surface area contributed by atoms with Gasteiger partial charge in [-0.3, -0.25) is 14.3 Å². The van der Waals surface area contributed by atoms with Gasteiger partial charge in [0, 0.05) is 36.5 Å². The molecule has 3 N–H and O–H groups in total. The third-order valence-corrected chi connectivity index (χ3v) is 8.42. The average molecular weight is 598 g/mol. The zero-order valence-electron chi connectivity index (χ0n) is 22.6. The number of alkyl halides is 3. The van der Waals surface area contributed by atoms with E-state index in [0.29, 0.717) is 32.0 Å². The maximum Gasteiger partial charge on any atom is 0.419 e. The highest BCUT2D eigenvalue weighted by molar-refractivity contribution is 7.92. The van der Waals surface area contributed by atoms with Crippen molar-refractivity contribution < 1.29 is 35.6 Å². The standard InChI is InChI=1S/C27H31F4N5O4S/c1-15-22(26(38)36-10-6-17(7-11-36)35-8-4-3-5-9-35)23(27(29,30)31)20(32-15)14-19-18-12-16(28)13-21(34-41(2,39)40)24(18)33-25(19)37/h12-14,17,32,34H,3-11H2,1-2H3,(H,33,37)/b19-14-. The number of aromatic nitrogens is 1. The maximum atomic E-state index is 14.5. The lowest BCUT2D eigenvalue weighted by molar-refractivity contribution is -0.138. The van der Waals surface area contributed by atoms with Crippen LogP contribution in [0.1, 0.15) is 65.0 Å². The second-order valence-corrected chi connectivity index (χ2v) is 12.5. The van der Waals surface area contributed by atoms with Crippen LogP contribution in [0.15, 0.2) is 12.1 Å². The van der Waals surface area contributed by atoms with Crippen LogP contribution in [-0.4, -0.2) is 73.5 Å². The molecule has 9 nitrogen and oxygen atoms in total. The summed E-state index contributed by atoms with van der Waals surface area (Å²) in [5, 5.41) is 2.40. The lowest BCUT2D eigenvalue weighted by Crippen LogP contribution is -2.48. The quantitative estimate of drug-likeness (QED) is 0.349. The molecule has 3 aliphatic heterocycles. The van der Waals surface area contributed by atoms with Crippen molar-refractivity contribution in [3.05, 3.63) is 46.0 Å². The molecule has 2 saturated heterocycles. The summed E-state index contributed by atoms with van der Waals surface area (Å²) in [5.74, 6) is -2.50. The second kappa shape index (κ2) is 10.8. The van der Waals surface area contributed by atoms with Gasteiger partial charge in [0.2, 0.25) is 10.0 Å². The Hall–Kier alpha value is -3.39. The number of piperidine rings is 2. The van der Waals surface area contributed by atoms with Crippen molar-refractivity contribution in [2.75, 3.05) is 42.5 Å². The highest BCUT2D eigenvalue weighted by Crippen LogP contribution is 2.43. The first-order valence-corrected chi connectivity index (χ1v) is 15.3. The Bertz CT molecular complexity index is 1520. The van der Waals surface area contributed by atoms with E-state index in [-0.39, 0.29) is 28.2 Å². The first-order chi connectivity index (χ1) is 19.2. The summed E-state index contributed by atoms with van der Waals surface area (Å²) in [4.78, 5) is 32.7. The monoisotopic (exact) mass is 597 g/mol. The maximum absolute atomic E-state index is 14.5. The predicted molar refractivity (Wildman–Crippen MR) is 146 cm³/mol. The molecule has 5 rings (SSSR count). The molecule has 0 aliphatic carbocycles. The Balaban J connectivity index is 1.48. The van der Waals surface area contributed by atoms with Crippen LogP contribution in [0.3, 0.4) is 0 Å². The number of nitrogens with zero attached hydrogens (tertiary/aromatic N) is 2. The molecular weight excluding hydrogens is 566 g/mol. The number of fused-ring (bicyclic) bond motifs is 1. The van der Waals surface area contributed by atoms with Gasteiger partial charge >= 0.3 is 6.18 Å². The van der Waals surface area contributed by atoms with Gasteiger partial charge in [0.1, 0.15) is 5.82 Å². The van der Waals surface area contributed by atoms with Crippen molar-refractivity contribution >= 4 is 44.9 Å². The molecule has 14 heteroatoms.